The molecule has 1 aromatic rings. The second-order valence-corrected chi connectivity index (χ2v) is 6.11. The molecule has 1 atom stereocenters. The van der Waals surface area contributed by atoms with E-state index in [9.17, 15) is 9.18 Å². The summed E-state index contributed by atoms with van der Waals surface area (Å²) in [6.45, 7) is 6.31. The van der Waals surface area contributed by atoms with E-state index in [1.165, 1.54) is 18.2 Å². The molecule has 1 rings (SSSR count). The minimum absolute atomic E-state index is 0.149. The molecule has 0 fully saturated rings. The van der Waals surface area contributed by atoms with Crippen molar-refractivity contribution >= 4 is 21.8 Å². The van der Waals surface area contributed by atoms with Gasteiger partial charge in [-0.05, 0) is 39.5 Å². The molecule has 0 aliphatic heterocycles. The lowest BCUT2D eigenvalue weighted by Gasteiger charge is -2.30. The highest BCUT2D eigenvalue weighted by Gasteiger charge is 2.25. The fourth-order valence-corrected chi connectivity index (χ4v) is 1.96. The number of rotatable bonds is 3. The summed E-state index contributed by atoms with van der Waals surface area (Å²) < 4.78 is 13.7. The van der Waals surface area contributed by atoms with E-state index >= 15 is 0 Å². The van der Waals surface area contributed by atoms with Crippen LogP contribution in [0.25, 0.3) is 0 Å². The first-order chi connectivity index (χ1) is 8.25. The highest BCUT2D eigenvalue weighted by Crippen LogP contribution is 2.21. The molecule has 0 radical (unpaired) electrons. The lowest BCUT2D eigenvalue weighted by molar-refractivity contribution is 0.0904. The number of nitrogens with one attached hydrogen (secondary N) is 1. The van der Waals surface area contributed by atoms with Crippen LogP contribution in [0.3, 0.4) is 0 Å². The predicted molar refractivity (Wildman–Crippen MR) is 73.9 cm³/mol. The monoisotopic (exact) mass is 316 g/mol. The molecule has 0 aliphatic rings. The Kier molecular flexibility index (Phi) is 4.87. The van der Waals surface area contributed by atoms with Crippen molar-refractivity contribution in [1.29, 1.82) is 0 Å². The fraction of sp³-hybridized carbons (Fsp3) is 0.462. The summed E-state index contributed by atoms with van der Waals surface area (Å²) >= 11 is 3.23. The third-order valence-electron chi connectivity index (χ3n) is 2.76. The van der Waals surface area contributed by atoms with Gasteiger partial charge in [0.05, 0.1) is 5.56 Å². The second kappa shape index (κ2) is 5.80. The first-order valence-corrected chi connectivity index (χ1v) is 6.51. The minimum atomic E-state index is -0.441. The van der Waals surface area contributed by atoms with E-state index in [0.717, 1.165) is 0 Å². The van der Waals surface area contributed by atoms with E-state index < -0.39 is 5.82 Å². The number of carbonyl (C=O) groups is 1. The van der Waals surface area contributed by atoms with Gasteiger partial charge < -0.3 is 11.1 Å². The van der Waals surface area contributed by atoms with Crippen molar-refractivity contribution in [3.63, 3.8) is 0 Å². The van der Waals surface area contributed by atoms with E-state index in [4.69, 9.17) is 5.73 Å². The summed E-state index contributed by atoms with van der Waals surface area (Å²) in [5, 5.41) is 2.83. The van der Waals surface area contributed by atoms with E-state index in [0.29, 0.717) is 11.0 Å². The maximum Gasteiger partial charge on any atom is 0.252 e. The van der Waals surface area contributed by atoms with Crippen LogP contribution in [-0.2, 0) is 0 Å². The van der Waals surface area contributed by atoms with Gasteiger partial charge in [0.2, 0.25) is 0 Å². The molecular weight excluding hydrogens is 299 g/mol. The van der Waals surface area contributed by atoms with Gasteiger partial charge in [-0.15, -0.1) is 0 Å². The summed E-state index contributed by atoms with van der Waals surface area (Å²) in [5.74, 6) is -0.768. The molecule has 1 unspecified atom stereocenters. The van der Waals surface area contributed by atoms with Crippen molar-refractivity contribution < 1.29 is 9.18 Å². The van der Waals surface area contributed by atoms with Gasteiger partial charge in [-0.1, -0.05) is 20.8 Å². The molecule has 3 nitrogen and oxygen atoms in total. The molecule has 0 saturated heterocycles. The van der Waals surface area contributed by atoms with Crippen LogP contribution >= 0.6 is 15.9 Å². The zero-order valence-corrected chi connectivity index (χ0v) is 12.3. The Labute approximate surface area is 115 Å². The first-order valence-electron chi connectivity index (χ1n) is 5.71. The molecule has 0 aliphatic carbocycles. The average molecular weight is 317 g/mol. The highest BCUT2D eigenvalue weighted by atomic mass is 79.9. The quantitative estimate of drug-likeness (QED) is 0.900. The summed E-state index contributed by atoms with van der Waals surface area (Å²) in [5.41, 5.74) is 5.78. The third kappa shape index (κ3) is 3.78. The van der Waals surface area contributed by atoms with E-state index in [-0.39, 0.29) is 22.9 Å². The van der Waals surface area contributed by atoms with Gasteiger partial charge in [-0.3, -0.25) is 4.79 Å². The number of nitrogens with two attached hydrogens (primary N) is 1. The number of hydrogen-bond acceptors (Lipinski definition) is 2. The van der Waals surface area contributed by atoms with Crippen molar-refractivity contribution in [2.45, 2.75) is 26.8 Å². The molecule has 5 heteroatoms. The molecule has 18 heavy (non-hydrogen) atoms. The van der Waals surface area contributed by atoms with Crippen LogP contribution in [0.1, 0.15) is 31.1 Å². The van der Waals surface area contributed by atoms with E-state index in [1.54, 1.807) is 0 Å². The number of halogens is 2. The summed E-state index contributed by atoms with van der Waals surface area (Å²) in [4.78, 5) is 12.1. The van der Waals surface area contributed by atoms with Gasteiger partial charge in [-0.25, -0.2) is 4.39 Å². The van der Waals surface area contributed by atoms with Gasteiger partial charge in [0.1, 0.15) is 5.82 Å². The van der Waals surface area contributed by atoms with Gasteiger partial charge in [0.25, 0.3) is 5.91 Å². The molecule has 3 N–H and O–H groups in total. The topological polar surface area (TPSA) is 55.1 Å². The Balaban J connectivity index is 2.91. The van der Waals surface area contributed by atoms with E-state index in [1.807, 2.05) is 20.8 Å². The molecule has 0 aromatic heterocycles. The molecular formula is C13H18BrFN2O. The largest absolute Gasteiger partial charge is 0.347 e. The molecule has 1 amide bonds. The van der Waals surface area contributed by atoms with Gasteiger partial charge >= 0.3 is 0 Å². The lowest BCUT2D eigenvalue weighted by atomic mass is 9.86. The Morgan fingerprint density at radius 1 is 1.50 bits per heavy atom. The molecule has 1 aromatic carbocycles. The van der Waals surface area contributed by atoms with Crippen molar-refractivity contribution in [1.82, 2.24) is 5.32 Å². The zero-order chi connectivity index (χ0) is 13.9. The van der Waals surface area contributed by atoms with Crippen LogP contribution in [0, 0.1) is 11.2 Å². The predicted octanol–water partition coefficient (Wildman–Crippen LogP) is 2.69. The van der Waals surface area contributed by atoms with Crippen molar-refractivity contribution in [3.05, 3.63) is 34.1 Å². The SMILES string of the molecule is CC(C)(C)C(CN)NC(=O)c1cc(F)ccc1Br. The van der Waals surface area contributed by atoms with Crippen LogP contribution < -0.4 is 11.1 Å². The molecule has 0 spiro atoms. The van der Waals surface area contributed by atoms with Gasteiger partial charge in [-0.2, -0.15) is 0 Å². The number of carbonyl (C=O) groups excluding carboxylic acids is 1. The van der Waals surface area contributed by atoms with Crippen LogP contribution in [0.5, 0.6) is 0 Å². The molecule has 100 valence electrons. The zero-order valence-electron chi connectivity index (χ0n) is 10.8. The standard InChI is InChI=1S/C13H18BrFN2O/c1-13(2,3)11(7-16)17-12(18)9-6-8(15)4-5-10(9)14/h4-6,11H,7,16H2,1-3H3,(H,17,18). The molecule has 0 bridgehead atoms. The lowest BCUT2D eigenvalue weighted by Crippen LogP contribution is -2.48. The van der Waals surface area contributed by atoms with Crippen LogP contribution in [0.4, 0.5) is 4.39 Å². The van der Waals surface area contributed by atoms with Crippen LogP contribution in [0.15, 0.2) is 22.7 Å². The smallest absolute Gasteiger partial charge is 0.252 e. The van der Waals surface area contributed by atoms with Gasteiger partial charge in [0.15, 0.2) is 0 Å². The minimum Gasteiger partial charge on any atom is -0.347 e. The van der Waals surface area contributed by atoms with Gasteiger partial charge in [0, 0.05) is 17.1 Å². The summed E-state index contributed by atoms with van der Waals surface area (Å²) in [6, 6.07) is 3.85. The number of hydrogen-bond donors (Lipinski definition) is 2. The maximum atomic E-state index is 13.1. The van der Waals surface area contributed by atoms with Crippen LogP contribution in [0.2, 0.25) is 0 Å². The number of benzene rings is 1. The Bertz CT molecular complexity index is 443. The second-order valence-electron chi connectivity index (χ2n) is 5.25. The fourth-order valence-electron chi connectivity index (χ4n) is 1.54. The Morgan fingerprint density at radius 2 is 2.11 bits per heavy atom. The Morgan fingerprint density at radius 3 is 2.61 bits per heavy atom. The summed E-state index contributed by atoms with van der Waals surface area (Å²) in [7, 11) is 0. The molecule has 0 heterocycles. The van der Waals surface area contributed by atoms with Crippen molar-refractivity contribution in [2.75, 3.05) is 6.54 Å². The van der Waals surface area contributed by atoms with Crippen LogP contribution in [-0.4, -0.2) is 18.5 Å². The summed E-state index contributed by atoms with van der Waals surface area (Å²) in [6.07, 6.45) is 0. The van der Waals surface area contributed by atoms with Crippen molar-refractivity contribution in [2.24, 2.45) is 11.1 Å². The van der Waals surface area contributed by atoms with E-state index in [2.05, 4.69) is 21.2 Å². The molecule has 0 saturated carbocycles. The first kappa shape index (κ1) is 15.1. The Hall–Kier alpha value is -0.940. The number of amides is 1. The maximum absolute atomic E-state index is 13.1. The average Bonchev–Trinajstić information content (AvgIpc) is 2.27. The normalized spacial score (nSPS) is 13.2. The third-order valence-corrected chi connectivity index (χ3v) is 3.45. The highest BCUT2D eigenvalue weighted by molar-refractivity contribution is 9.10. The van der Waals surface area contributed by atoms with Crippen molar-refractivity contribution in [3.8, 4) is 0 Å².